The van der Waals surface area contributed by atoms with E-state index in [2.05, 4.69) is 15.6 Å². The van der Waals surface area contributed by atoms with Crippen LogP contribution in [0.5, 0.6) is 0 Å². The number of amides is 1. The van der Waals surface area contributed by atoms with E-state index in [4.69, 9.17) is 5.26 Å². The smallest absolute Gasteiger partial charge is 0.222 e. The van der Waals surface area contributed by atoms with Gasteiger partial charge in [-0.05, 0) is 38.0 Å². The lowest BCUT2D eigenvalue weighted by molar-refractivity contribution is -0.127. The molecule has 1 aromatic carbocycles. The Balaban J connectivity index is 0.00000338. The molecule has 1 heterocycles. The summed E-state index contributed by atoms with van der Waals surface area (Å²) in [4.78, 5) is 17.8. The van der Waals surface area contributed by atoms with Crippen molar-refractivity contribution < 1.29 is 9.18 Å². The second kappa shape index (κ2) is 11.7. The molecule has 0 unspecified atom stereocenters. The number of rotatable bonds is 7. The third kappa shape index (κ3) is 6.78. The Hall–Kier alpha value is -1.89. The van der Waals surface area contributed by atoms with Gasteiger partial charge in [0.05, 0.1) is 18.2 Å². The Morgan fingerprint density at radius 2 is 2.23 bits per heavy atom. The largest absolute Gasteiger partial charge is 0.357 e. The van der Waals surface area contributed by atoms with Crippen LogP contribution >= 0.6 is 24.0 Å². The normalized spacial score (nSPS) is 14.0. The minimum absolute atomic E-state index is 0. The lowest BCUT2D eigenvalue weighted by atomic mass is 10.1. The molecular weight excluding hydrogens is 448 g/mol. The monoisotopic (exact) mass is 473 g/mol. The number of halogens is 2. The van der Waals surface area contributed by atoms with Gasteiger partial charge in [0, 0.05) is 38.2 Å². The number of guanidine groups is 1. The van der Waals surface area contributed by atoms with Gasteiger partial charge in [-0.25, -0.2) is 9.38 Å². The number of hydrogen-bond acceptors (Lipinski definition) is 3. The van der Waals surface area contributed by atoms with Gasteiger partial charge in [-0.15, -0.1) is 24.0 Å². The topological polar surface area (TPSA) is 80.5 Å². The average molecular weight is 473 g/mol. The molecule has 0 aromatic heterocycles. The number of benzene rings is 1. The van der Waals surface area contributed by atoms with Gasteiger partial charge in [0.25, 0.3) is 0 Å². The number of aliphatic imine (C=N–C) groups is 1. The van der Waals surface area contributed by atoms with Crippen LogP contribution in [-0.2, 0) is 11.3 Å². The Morgan fingerprint density at radius 1 is 1.42 bits per heavy atom. The molecule has 142 valence electrons. The number of carbonyl (C=O) groups is 1. The van der Waals surface area contributed by atoms with Crippen molar-refractivity contribution in [2.24, 2.45) is 4.99 Å². The van der Waals surface area contributed by atoms with E-state index in [9.17, 15) is 9.18 Å². The summed E-state index contributed by atoms with van der Waals surface area (Å²) in [6.07, 6.45) is 2.43. The van der Waals surface area contributed by atoms with E-state index in [0.717, 1.165) is 25.9 Å². The Labute approximate surface area is 170 Å². The summed E-state index contributed by atoms with van der Waals surface area (Å²) in [7, 11) is 0. The summed E-state index contributed by atoms with van der Waals surface area (Å²) in [6, 6.07) is 6.25. The number of carbonyl (C=O) groups excluding carboxylic acids is 1. The van der Waals surface area contributed by atoms with Crippen LogP contribution in [0.3, 0.4) is 0 Å². The zero-order valence-electron chi connectivity index (χ0n) is 14.9. The van der Waals surface area contributed by atoms with Crippen LogP contribution in [0, 0.1) is 17.1 Å². The maximum atomic E-state index is 13.8. The van der Waals surface area contributed by atoms with Gasteiger partial charge >= 0.3 is 0 Å². The molecule has 26 heavy (non-hydrogen) atoms. The molecule has 1 fully saturated rings. The number of nitriles is 1. The summed E-state index contributed by atoms with van der Waals surface area (Å²) < 4.78 is 13.8. The maximum Gasteiger partial charge on any atom is 0.222 e. The van der Waals surface area contributed by atoms with E-state index in [-0.39, 0.29) is 42.2 Å². The fourth-order valence-corrected chi connectivity index (χ4v) is 2.69. The summed E-state index contributed by atoms with van der Waals surface area (Å²) >= 11 is 0. The second-order valence-electron chi connectivity index (χ2n) is 5.88. The van der Waals surface area contributed by atoms with E-state index >= 15 is 0 Å². The summed E-state index contributed by atoms with van der Waals surface area (Å²) in [5.41, 5.74) is 0.804. The first-order valence-corrected chi connectivity index (χ1v) is 8.62. The van der Waals surface area contributed by atoms with Crippen LogP contribution in [0.15, 0.2) is 23.2 Å². The van der Waals surface area contributed by atoms with Gasteiger partial charge in [0.15, 0.2) is 5.96 Å². The summed E-state index contributed by atoms with van der Waals surface area (Å²) in [6.45, 7) is 5.07. The Kier molecular flexibility index (Phi) is 9.95. The van der Waals surface area contributed by atoms with Gasteiger partial charge < -0.3 is 15.5 Å². The van der Waals surface area contributed by atoms with Crippen molar-refractivity contribution in [1.82, 2.24) is 15.5 Å². The number of likely N-dealkylation sites (tertiary alicyclic amines) is 1. The fourth-order valence-electron chi connectivity index (χ4n) is 2.69. The van der Waals surface area contributed by atoms with Crippen molar-refractivity contribution >= 4 is 35.8 Å². The van der Waals surface area contributed by atoms with Crippen LogP contribution in [0.25, 0.3) is 0 Å². The standard InChI is InChI=1S/C18H24FN5O.HI/c1-2-21-18(22-8-4-10-24-9-3-5-17(24)25)23-13-15-11-14(12-20)6-7-16(15)19;/h6-7,11H,2-5,8-10,13H2,1H3,(H2,21,22,23);1H. The van der Waals surface area contributed by atoms with E-state index in [1.165, 1.54) is 18.2 Å². The molecule has 1 aliphatic heterocycles. The molecule has 0 aliphatic carbocycles. The molecule has 0 spiro atoms. The first-order chi connectivity index (χ1) is 12.1. The predicted molar refractivity (Wildman–Crippen MR) is 110 cm³/mol. The van der Waals surface area contributed by atoms with Crippen molar-refractivity contribution in [3.63, 3.8) is 0 Å². The molecule has 2 rings (SSSR count). The van der Waals surface area contributed by atoms with Crippen molar-refractivity contribution in [3.05, 3.63) is 35.1 Å². The van der Waals surface area contributed by atoms with E-state index in [1.54, 1.807) is 0 Å². The average Bonchev–Trinajstić information content (AvgIpc) is 3.02. The molecule has 0 radical (unpaired) electrons. The lowest BCUT2D eigenvalue weighted by Gasteiger charge is -2.16. The molecular formula is C18H25FIN5O. The molecule has 1 aliphatic rings. The number of hydrogen-bond donors (Lipinski definition) is 2. The van der Waals surface area contributed by atoms with Crippen LogP contribution in [-0.4, -0.2) is 42.9 Å². The first-order valence-electron chi connectivity index (χ1n) is 8.62. The van der Waals surface area contributed by atoms with E-state index in [1.807, 2.05) is 17.9 Å². The highest BCUT2D eigenvalue weighted by Gasteiger charge is 2.18. The predicted octanol–water partition coefficient (Wildman–Crippen LogP) is 2.38. The van der Waals surface area contributed by atoms with Gasteiger partial charge in [-0.1, -0.05) is 0 Å². The molecule has 8 heteroatoms. The third-order valence-corrected chi connectivity index (χ3v) is 4.00. The number of nitrogens with zero attached hydrogens (tertiary/aromatic N) is 3. The number of nitrogens with one attached hydrogen (secondary N) is 2. The third-order valence-electron chi connectivity index (χ3n) is 4.00. The molecule has 1 saturated heterocycles. The minimum Gasteiger partial charge on any atom is -0.357 e. The molecule has 1 amide bonds. The fraction of sp³-hybridized carbons (Fsp3) is 0.500. The molecule has 6 nitrogen and oxygen atoms in total. The van der Waals surface area contributed by atoms with Gasteiger partial charge in [0.1, 0.15) is 5.82 Å². The van der Waals surface area contributed by atoms with Crippen LogP contribution in [0.2, 0.25) is 0 Å². The minimum atomic E-state index is -0.369. The van der Waals surface area contributed by atoms with Crippen molar-refractivity contribution in [1.29, 1.82) is 5.26 Å². The highest BCUT2D eigenvalue weighted by molar-refractivity contribution is 14.0. The van der Waals surface area contributed by atoms with Crippen molar-refractivity contribution in [3.8, 4) is 6.07 Å². The van der Waals surface area contributed by atoms with Crippen LogP contribution in [0.4, 0.5) is 4.39 Å². The molecule has 1 aromatic rings. The SMILES string of the molecule is CCNC(=NCc1cc(C#N)ccc1F)NCCCN1CCCC1=O.I. The van der Waals surface area contributed by atoms with E-state index < -0.39 is 0 Å². The quantitative estimate of drug-likeness (QED) is 0.276. The Morgan fingerprint density at radius 3 is 2.88 bits per heavy atom. The molecule has 2 N–H and O–H groups in total. The van der Waals surface area contributed by atoms with Crippen molar-refractivity contribution in [2.45, 2.75) is 32.7 Å². The molecule has 0 atom stereocenters. The zero-order chi connectivity index (χ0) is 18.1. The highest BCUT2D eigenvalue weighted by atomic mass is 127. The van der Waals surface area contributed by atoms with Gasteiger partial charge in [0.2, 0.25) is 5.91 Å². The van der Waals surface area contributed by atoms with Gasteiger partial charge in [-0.2, -0.15) is 5.26 Å². The Bertz CT molecular complexity index is 674. The van der Waals surface area contributed by atoms with Crippen LogP contribution in [0.1, 0.15) is 37.3 Å². The highest BCUT2D eigenvalue weighted by Crippen LogP contribution is 2.11. The van der Waals surface area contributed by atoms with Gasteiger partial charge in [-0.3, -0.25) is 4.79 Å². The first kappa shape index (κ1) is 22.2. The summed E-state index contributed by atoms with van der Waals surface area (Å²) in [5.74, 6) is 0.455. The van der Waals surface area contributed by atoms with Crippen molar-refractivity contribution in [2.75, 3.05) is 26.2 Å². The summed E-state index contributed by atoms with van der Waals surface area (Å²) in [5, 5.41) is 15.2. The van der Waals surface area contributed by atoms with Crippen LogP contribution < -0.4 is 10.6 Å². The lowest BCUT2D eigenvalue weighted by Crippen LogP contribution is -2.39. The zero-order valence-corrected chi connectivity index (χ0v) is 17.3. The molecule has 0 bridgehead atoms. The molecule has 0 saturated carbocycles. The van der Waals surface area contributed by atoms with E-state index in [0.29, 0.717) is 36.6 Å². The maximum absolute atomic E-state index is 13.8. The second-order valence-corrected chi connectivity index (χ2v) is 5.88.